The molecule has 0 N–H and O–H groups in total. The maximum atomic E-state index is 13.1. The van der Waals surface area contributed by atoms with E-state index in [1.165, 1.54) is 12.1 Å². The van der Waals surface area contributed by atoms with Crippen molar-refractivity contribution in [3.05, 3.63) is 26.8 Å². The van der Waals surface area contributed by atoms with E-state index < -0.39 is 18.0 Å². The van der Waals surface area contributed by atoms with Gasteiger partial charge in [0.2, 0.25) is 0 Å². The number of ether oxygens (including phenoxy) is 1. The van der Waals surface area contributed by atoms with Crippen molar-refractivity contribution in [3.63, 3.8) is 0 Å². The molecule has 0 atom stereocenters. The number of carbonyl (C=O) groups is 1. The van der Waals surface area contributed by atoms with Gasteiger partial charge in [0.25, 0.3) is 0 Å². The zero-order chi connectivity index (χ0) is 19.7. The molecule has 1 aliphatic heterocycles. The molecule has 0 aliphatic carbocycles. The molecule has 0 unspecified atom stereocenters. The maximum absolute atomic E-state index is 13.1. The third kappa shape index (κ3) is 7.78. The second kappa shape index (κ2) is 10.1. The Hall–Kier alpha value is 0.671. The van der Waals surface area contributed by atoms with Crippen LogP contribution in [0.3, 0.4) is 0 Å². The van der Waals surface area contributed by atoms with Crippen molar-refractivity contribution < 1.29 is 73.9 Å². The summed E-state index contributed by atoms with van der Waals surface area (Å²) in [5.41, 5.74) is 0.477. The Bertz CT molecular complexity index is 675. The molecule has 0 aromatic heterocycles. The monoisotopic (exact) mass is 522 g/mol. The quantitative estimate of drug-likeness (QED) is 0.434. The first-order chi connectivity index (χ1) is 11.9. The van der Waals surface area contributed by atoms with Crippen LogP contribution in [0.1, 0.15) is 31.9 Å². The van der Waals surface area contributed by atoms with Gasteiger partial charge in [-0.15, -0.1) is 5.46 Å². The largest absolute Gasteiger partial charge is 1.00 e. The fourth-order valence-corrected chi connectivity index (χ4v) is 3.47. The Labute approximate surface area is 215 Å². The number of carbonyl (C=O) groups excluding carboxylic acids is 1. The van der Waals surface area contributed by atoms with E-state index in [1.54, 1.807) is 4.90 Å². The molecule has 1 aliphatic rings. The smallest absolute Gasteiger partial charge is 0.445 e. The zero-order valence-electron chi connectivity index (χ0n) is 16.5. The number of hydrogen-bond acceptors (Lipinski definition) is 3. The van der Waals surface area contributed by atoms with Crippen molar-refractivity contribution in [2.75, 3.05) is 26.2 Å². The standard InChI is InChI=1S/C17H24BF3IN2O2.K/c1-12-13(9-14(10-15(12)22)18(19,20)21)11-23-5-7-24(8-6-23)16(25)26-17(2,3)4;/h9-10H,5-8,11H2,1-4H3;/q-1;+1. The summed E-state index contributed by atoms with van der Waals surface area (Å²) in [6.45, 7) is 4.97. The minimum atomic E-state index is -5.01. The van der Waals surface area contributed by atoms with Gasteiger partial charge in [-0.05, 0) is 61.4 Å². The van der Waals surface area contributed by atoms with E-state index in [4.69, 9.17) is 4.74 Å². The molecule has 0 saturated carbocycles. The summed E-state index contributed by atoms with van der Waals surface area (Å²) in [6.07, 6.45) is -0.343. The van der Waals surface area contributed by atoms with Crippen LogP contribution in [0, 0.1) is 10.5 Å². The Morgan fingerprint density at radius 3 is 2.22 bits per heavy atom. The van der Waals surface area contributed by atoms with Gasteiger partial charge in [0.15, 0.2) is 0 Å². The van der Waals surface area contributed by atoms with Crippen LogP contribution < -0.4 is 56.8 Å². The van der Waals surface area contributed by atoms with Crippen LogP contribution in [0.15, 0.2) is 12.1 Å². The van der Waals surface area contributed by atoms with Crippen LogP contribution in [0.25, 0.3) is 0 Å². The average Bonchev–Trinajstić information content (AvgIpc) is 2.49. The second-order valence-corrected chi connectivity index (χ2v) is 8.77. The van der Waals surface area contributed by atoms with E-state index in [2.05, 4.69) is 4.90 Å². The molecule has 27 heavy (non-hydrogen) atoms. The topological polar surface area (TPSA) is 32.8 Å². The van der Waals surface area contributed by atoms with Gasteiger partial charge >= 0.3 is 64.5 Å². The van der Waals surface area contributed by atoms with Crippen molar-refractivity contribution in [1.29, 1.82) is 0 Å². The summed E-state index contributed by atoms with van der Waals surface area (Å²) in [5.74, 6) is 0. The summed E-state index contributed by atoms with van der Waals surface area (Å²) in [6, 6.07) is 2.47. The molecule has 0 spiro atoms. The molecule has 1 heterocycles. The van der Waals surface area contributed by atoms with E-state index in [0.717, 1.165) is 5.56 Å². The van der Waals surface area contributed by atoms with Crippen molar-refractivity contribution in [2.24, 2.45) is 0 Å². The van der Waals surface area contributed by atoms with Crippen LogP contribution >= 0.6 is 22.6 Å². The number of rotatable bonds is 3. The first-order valence-electron chi connectivity index (χ1n) is 8.56. The van der Waals surface area contributed by atoms with Crippen molar-refractivity contribution in [3.8, 4) is 0 Å². The fraction of sp³-hybridized carbons (Fsp3) is 0.588. The molecule has 1 fully saturated rings. The number of piperazine rings is 1. The van der Waals surface area contributed by atoms with Crippen LogP contribution in [0.5, 0.6) is 0 Å². The van der Waals surface area contributed by atoms with Gasteiger partial charge in [0, 0.05) is 36.3 Å². The Balaban J connectivity index is 0.00000364. The molecule has 1 aromatic rings. The van der Waals surface area contributed by atoms with Crippen LogP contribution in [-0.4, -0.2) is 54.7 Å². The van der Waals surface area contributed by atoms with Crippen LogP contribution in [-0.2, 0) is 11.3 Å². The van der Waals surface area contributed by atoms with E-state index in [0.29, 0.717) is 41.9 Å². The minimum Gasteiger partial charge on any atom is -0.445 e. The maximum Gasteiger partial charge on any atom is 1.00 e. The molecule has 0 bridgehead atoms. The van der Waals surface area contributed by atoms with Crippen molar-refractivity contribution in [2.45, 2.75) is 39.8 Å². The van der Waals surface area contributed by atoms with E-state index in [-0.39, 0.29) is 57.5 Å². The molecule has 4 nitrogen and oxygen atoms in total. The summed E-state index contributed by atoms with van der Waals surface area (Å²) in [7, 11) is 0. The summed E-state index contributed by atoms with van der Waals surface area (Å²) < 4.78 is 45.4. The Kier molecular flexibility index (Phi) is 9.64. The van der Waals surface area contributed by atoms with E-state index in [9.17, 15) is 17.7 Å². The van der Waals surface area contributed by atoms with Gasteiger partial charge in [-0.2, -0.15) is 0 Å². The normalized spacial score (nSPS) is 16.1. The summed E-state index contributed by atoms with van der Waals surface area (Å²) >= 11 is 1.96. The number of benzene rings is 1. The van der Waals surface area contributed by atoms with E-state index in [1.807, 2.05) is 50.3 Å². The molecule has 146 valence electrons. The van der Waals surface area contributed by atoms with Gasteiger partial charge in [-0.1, -0.05) is 12.1 Å². The third-order valence-electron chi connectivity index (χ3n) is 4.27. The summed E-state index contributed by atoms with van der Waals surface area (Å²) in [4.78, 5) is 15.8. The molecular weight excluding hydrogens is 498 g/mol. The predicted molar refractivity (Wildman–Crippen MR) is 106 cm³/mol. The number of nitrogens with zero attached hydrogens (tertiary/aromatic N) is 2. The summed E-state index contributed by atoms with van der Waals surface area (Å²) in [5, 5.41) is 0. The van der Waals surface area contributed by atoms with Crippen LogP contribution in [0.2, 0.25) is 0 Å². The first kappa shape index (κ1) is 25.7. The minimum absolute atomic E-state index is 0. The van der Waals surface area contributed by atoms with Gasteiger partial charge in [-0.25, -0.2) is 4.79 Å². The van der Waals surface area contributed by atoms with Crippen LogP contribution in [0.4, 0.5) is 17.7 Å². The SMILES string of the molecule is Cc1c(I)cc([B-](F)(F)F)cc1CN1CCN(C(=O)OC(C)(C)C)CC1.[K+]. The predicted octanol–water partition coefficient (Wildman–Crippen LogP) is 0.711. The second-order valence-electron chi connectivity index (χ2n) is 7.61. The fourth-order valence-electron chi connectivity index (χ4n) is 2.77. The van der Waals surface area contributed by atoms with E-state index >= 15 is 0 Å². The molecular formula is C17H24BF3IKN2O2. The molecule has 10 heteroatoms. The molecule has 1 amide bonds. The first-order valence-corrected chi connectivity index (χ1v) is 9.64. The average molecular weight is 522 g/mol. The van der Waals surface area contributed by atoms with Crippen molar-refractivity contribution >= 4 is 41.1 Å². The van der Waals surface area contributed by atoms with Gasteiger partial charge in [-0.3, -0.25) is 4.90 Å². The van der Waals surface area contributed by atoms with Gasteiger partial charge in [0.05, 0.1) is 0 Å². The molecule has 1 saturated heterocycles. The molecule has 2 rings (SSSR count). The number of hydrogen-bond donors (Lipinski definition) is 0. The molecule has 1 aromatic carbocycles. The van der Waals surface area contributed by atoms with Gasteiger partial charge in [0.1, 0.15) is 5.60 Å². The third-order valence-corrected chi connectivity index (χ3v) is 5.39. The number of halogens is 4. The Morgan fingerprint density at radius 2 is 1.74 bits per heavy atom. The molecule has 0 radical (unpaired) electrons. The Morgan fingerprint density at radius 1 is 1.19 bits per heavy atom. The zero-order valence-corrected chi connectivity index (χ0v) is 21.8. The number of amides is 1. The van der Waals surface area contributed by atoms with Gasteiger partial charge < -0.3 is 22.6 Å². The van der Waals surface area contributed by atoms with Crippen molar-refractivity contribution in [1.82, 2.24) is 9.80 Å².